The van der Waals surface area contributed by atoms with E-state index in [1.807, 2.05) is 0 Å². The van der Waals surface area contributed by atoms with Crippen LogP contribution in [0.3, 0.4) is 0 Å². The first kappa shape index (κ1) is 15.6. The van der Waals surface area contributed by atoms with Crippen LogP contribution in [0.1, 0.15) is 13.3 Å². The lowest BCUT2D eigenvalue weighted by Crippen LogP contribution is -2.48. The second-order valence-corrected chi connectivity index (χ2v) is 8.39. The van der Waals surface area contributed by atoms with Crippen molar-refractivity contribution in [2.45, 2.75) is 25.4 Å². The summed E-state index contributed by atoms with van der Waals surface area (Å²) >= 11 is 0. The van der Waals surface area contributed by atoms with Gasteiger partial charge >= 0.3 is 0 Å². The number of carbonyl (C=O) groups is 1. The number of rotatable bonds is 5. The van der Waals surface area contributed by atoms with Crippen molar-refractivity contribution in [3.05, 3.63) is 0 Å². The van der Waals surface area contributed by atoms with E-state index in [1.54, 1.807) is 13.2 Å². The third kappa shape index (κ3) is 5.92. The van der Waals surface area contributed by atoms with Crippen LogP contribution in [0.4, 0.5) is 0 Å². The fourth-order valence-corrected chi connectivity index (χ4v) is 4.18. The fourth-order valence-electron chi connectivity index (χ4n) is 1.95. The molecule has 1 saturated heterocycles. The molecule has 0 aromatic rings. The monoisotopic (exact) mass is 296 g/mol. The predicted molar refractivity (Wildman–Crippen MR) is 71.6 cm³/mol. The molecule has 1 aliphatic heterocycles. The Morgan fingerprint density at radius 2 is 2.22 bits per heavy atom. The molecule has 3 unspecified atom stereocenters. The number of hydrogen-bond donors (Lipinski definition) is 2. The first-order chi connectivity index (χ1) is 8.28. The number of hydrogen-bond acceptors (Lipinski definition) is 5. The van der Waals surface area contributed by atoms with Crippen LogP contribution in [0.25, 0.3) is 0 Å². The maximum Gasteiger partial charge on any atom is 0.221 e. The van der Waals surface area contributed by atoms with Gasteiger partial charge in [-0.3, -0.25) is 9.00 Å². The van der Waals surface area contributed by atoms with E-state index in [1.165, 1.54) is 0 Å². The van der Waals surface area contributed by atoms with Crippen molar-refractivity contribution in [2.24, 2.45) is 0 Å². The molecule has 0 saturated carbocycles. The third-order valence-electron chi connectivity index (χ3n) is 2.63. The molecule has 8 heteroatoms. The van der Waals surface area contributed by atoms with Crippen LogP contribution < -0.4 is 10.6 Å². The lowest BCUT2D eigenvalue weighted by molar-refractivity contribution is -0.121. The van der Waals surface area contributed by atoms with Crippen LogP contribution in [-0.4, -0.2) is 60.7 Å². The first-order valence-electron chi connectivity index (χ1n) is 5.81. The van der Waals surface area contributed by atoms with Crippen LogP contribution in [0.15, 0.2) is 0 Å². The van der Waals surface area contributed by atoms with Gasteiger partial charge in [0.15, 0.2) is 9.84 Å². The van der Waals surface area contributed by atoms with Crippen LogP contribution in [0.5, 0.6) is 0 Å². The molecule has 0 spiro atoms. The SMILES string of the molecule is CC(CS(C)=O)NC(=O)CC1CS(=O)(=O)CCN1. The molecule has 6 nitrogen and oxygen atoms in total. The normalized spacial score (nSPS) is 26.2. The van der Waals surface area contributed by atoms with Crippen LogP contribution in [-0.2, 0) is 25.4 Å². The zero-order chi connectivity index (χ0) is 13.8. The summed E-state index contributed by atoms with van der Waals surface area (Å²) in [4.78, 5) is 11.7. The van der Waals surface area contributed by atoms with E-state index in [0.29, 0.717) is 12.3 Å². The maximum absolute atomic E-state index is 11.7. The molecular formula is C10H20N2O4S2. The Morgan fingerprint density at radius 3 is 2.78 bits per heavy atom. The van der Waals surface area contributed by atoms with Crippen LogP contribution >= 0.6 is 0 Å². The highest BCUT2D eigenvalue weighted by Gasteiger charge is 2.26. The van der Waals surface area contributed by atoms with Gasteiger partial charge < -0.3 is 10.6 Å². The van der Waals surface area contributed by atoms with Gasteiger partial charge in [0.25, 0.3) is 0 Å². The third-order valence-corrected chi connectivity index (χ3v) is 5.33. The van der Waals surface area contributed by atoms with E-state index in [4.69, 9.17) is 0 Å². The van der Waals surface area contributed by atoms with Gasteiger partial charge in [0, 0.05) is 47.9 Å². The lowest BCUT2D eigenvalue weighted by atomic mass is 10.2. The fraction of sp³-hybridized carbons (Fsp3) is 0.900. The number of carbonyl (C=O) groups excluding carboxylic acids is 1. The standard InChI is InChI=1S/C10H20N2O4S2/c1-8(6-17(2)14)12-10(13)5-9-7-18(15,16)4-3-11-9/h8-9,11H,3-7H2,1-2H3,(H,12,13). The van der Waals surface area contributed by atoms with Crippen molar-refractivity contribution in [2.75, 3.05) is 30.1 Å². The molecule has 18 heavy (non-hydrogen) atoms. The molecule has 1 amide bonds. The Morgan fingerprint density at radius 1 is 1.56 bits per heavy atom. The van der Waals surface area contributed by atoms with Crippen molar-refractivity contribution >= 4 is 26.5 Å². The number of nitrogens with one attached hydrogen (secondary N) is 2. The maximum atomic E-state index is 11.7. The average Bonchev–Trinajstić information content (AvgIpc) is 2.13. The minimum absolute atomic E-state index is 0.00844. The summed E-state index contributed by atoms with van der Waals surface area (Å²) < 4.78 is 33.8. The highest BCUT2D eigenvalue weighted by molar-refractivity contribution is 7.91. The van der Waals surface area contributed by atoms with Gasteiger partial charge in [0.1, 0.15) is 0 Å². The minimum atomic E-state index is -3.02. The topological polar surface area (TPSA) is 92.3 Å². The largest absolute Gasteiger partial charge is 0.353 e. The van der Waals surface area contributed by atoms with Gasteiger partial charge in [-0.25, -0.2) is 8.42 Å². The Hall–Kier alpha value is -0.470. The Labute approximate surface area is 110 Å². The van der Waals surface area contributed by atoms with E-state index >= 15 is 0 Å². The molecule has 3 atom stereocenters. The zero-order valence-electron chi connectivity index (χ0n) is 10.6. The summed E-state index contributed by atoms with van der Waals surface area (Å²) in [5.74, 6) is 0.343. The van der Waals surface area contributed by atoms with Gasteiger partial charge in [0.05, 0.1) is 11.5 Å². The molecule has 106 valence electrons. The van der Waals surface area contributed by atoms with E-state index in [-0.39, 0.29) is 35.9 Å². The van der Waals surface area contributed by atoms with E-state index < -0.39 is 20.6 Å². The Balaban J connectivity index is 2.38. The Bertz CT molecular complexity index is 422. The van der Waals surface area contributed by atoms with Crippen molar-refractivity contribution in [1.82, 2.24) is 10.6 Å². The molecular weight excluding hydrogens is 276 g/mol. The number of sulfone groups is 1. The highest BCUT2D eigenvalue weighted by Crippen LogP contribution is 2.05. The second-order valence-electron chi connectivity index (χ2n) is 4.68. The summed E-state index contributed by atoms with van der Waals surface area (Å²) in [5.41, 5.74) is 0. The molecule has 0 aromatic heterocycles. The summed E-state index contributed by atoms with van der Waals surface area (Å²) in [6.45, 7) is 2.18. The van der Waals surface area contributed by atoms with Crippen LogP contribution in [0, 0.1) is 0 Å². The van der Waals surface area contributed by atoms with Crippen molar-refractivity contribution in [1.29, 1.82) is 0 Å². The number of amides is 1. The average molecular weight is 296 g/mol. The molecule has 1 fully saturated rings. The molecule has 0 bridgehead atoms. The van der Waals surface area contributed by atoms with Crippen molar-refractivity contribution < 1.29 is 17.4 Å². The van der Waals surface area contributed by atoms with E-state index in [0.717, 1.165) is 0 Å². The molecule has 1 heterocycles. The smallest absolute Gasteiger partial charge is 0.221 e. The van der Waals surface area contributed by atoms with Gasteiger partial charge in [-0.1, -0.05) is 0 Å². The van der Waals surface area contributed by atoms with Gasteiger partial charge in [-0.15, -0.1) is 0 Å². The quantitative estimate of drug-likeness (QED) is 0.654. The van der Waals surface area contributed by atoms with E-state index in [2.05, 4.69) is 10.6 Å². The molecule has 0 aliphatic carbocycles. The second kappa shape index (κ2) is 6.63. The molecule has 1 rings (SSSR count). The molecule has 1 aliphatic rings. The predicted octanol–water partition coefficient (Wildman–Crippen LogP) is -1.35. The molecule has 0 radical (unpaired) electrons. The summed E-state index contributed by atoms with van der Waals surface area (Å²) in [5, 5.41) is 5.74. The van der Waals surface area contributed by atoms with Crippen molar-refractivity contribution in [3.8, 4) is 0 Å². The highest BCUT2D eigenvalue weighted by atomic mass is 32.2. The van der Waals surface area contributed by atoms with E-state index in [9.17, 15) is 17.4 Å². The lowest BCUT2D eigenvalue weighted by Gasteiger charge is -2.23. The minimum Gasteiger partial charge on any atom is -0.353 e. The van der Waals surface area contributed by atoms with Gasteiger partial charge in [-0.2, -0.15) is 0 Å². The zero-order valence-corrected chi connectivity index (χ0v) is 12.3. The Kier molecular flexibility index (Phi) is 5.74. The molecule has 0 aromatic carbocycles. The summed E-state index contributed by atoms with van der Waals surface area (Å²) in [7, 11) is -3.97. The van der Waals surface area contributed by atoms with Crippen molar-refractivity contribution in [3.63, 3.8) is 0 Å². The first-order valence-corrected chi connectivity index (χ1v) is 9.36. The van der Waals surface area contributed by atoms with Crippen LogP contribution in [0.2, 0.25) is 0 Å². The summed E-state index contributed by atoms with van der Waals surface area (Å²) in [6.07, 6.45) is 1.72. The molecule has 2 N–H and O–H groups in total. The van der Waals surface area contributed by atoms with Gasteiger partial charge in [0.2, 0.25) is 5.91 Å². The van der Waals surface area contributed by atoms with Gasteiger partial charge in [-0.05, 0) is 6.92 Å². The summed E-state index contributed by atoms with van der Waals surface area (Å²) in [6, 6.07) is -0.480.